The van der Waals surface area contributed by atoms with Gasteiger partial charge in [-0.2, -0.15) is 13.2 Å². The highest BCUT2D eigenvalue weighted by Gasteiger charge is 2.56. The zero-order valence-corrected chi connectivity index (χ0v) is 11.8. The summed E-state index contributed by atoms with van der Waals surface area (Å²) in [5.41, 5.74) is -2.68. The molecule has 0 radical (unpaired) electrons. The van der Waals surface area contributed by atoms with Gasteiger partial charge in [-0.1, -0.05) is 36.9 Å². The van der Waals surface area contributed by atoms with Gasteiger partial charge in [-0.15, -0.1) is 0 Å². The lowest BCUT2D eigenvalue weighted by Gasteiger charge is -2.34. The summed E-state index contributed by atoms with van der Waals surface area (Å²) in [7, 11) is 0. The number of hydrogen-bond acceptors (Lipinski definition) is 3. The third-order valence-electron chi connectivity index (χ3n) is 3.06. The van der Waals surface area contributed by atoms with Crippen molar-refractivity contribution in [3.8, 4) is 0 Å². The van der Waals surface area contributed by atoms with Crippen LogP contribution in [-0.2, 0) is 16.0 Å². The van der Waals surface area contributed by atoms with Crippen molar-refractivity contribution in [3.63, 3.8) is 0 Å². The van der Waals surface area contributed by atoms with Gasteiger partial charge in [0.1, 0.15) is 6.10 Å². The lowest BCUT2D eigenvalue weighted by Crippen LogP contribution is -2.54. The predicted octanol–water partition coefficient (Wildman–Crippen LogP) is 3.03. The molecular weight excluding hydrogens is 285 g/mol. The molecule has 116 valence electrons. The Bertz CT molecular complexity index is 507. The smallest absolute Gasteiger partial charge is 0.420 e. The van der Waals surface area contributed by atoms with E-state index < -0.39 is 23.9 Å². The first-order valence-corrected chi connectivity index (χ1v) is 6.25. The van der Waals surface area contributed by atoms with Gasteiger partial charge in [-0.05, 0) is 19.4 Å². The van der Waals surface area contributed by atoms with E-state index in [0.29, 0.717) is 12.5 Å². The number of carbonyl (C=O) groups excluding carboxylic acids is 1. The van der Waals surface area contributed by atoms with E-state index in [1.165, 1.54) is 6.92 Å². The Morgan fingerprint density at radius 3 is 2.29 bits per heavy atom. The van der Waals surface area contributed by atoms with Crippen molar-refractivity contribution in [2.24, 2.45) is 0 Å². The third kappa shape index (κ3) is 4.32. The second kappa shape index (κ2) is 6.30. The number of ether oxygens (including phenoxy) is 1. The van der Waals surface area contributed by atoms with Crippen LogP contribution in [0.5, 0.6) is 0 Å². The van der Waals surface area contributed by atoms with E-state index in [2.05, 4.69) is 6.58 Å². The Morgan fingerprint density at radius 1 is 1.33 bits per heavy atom. The minimum Gasteiger partial charge on any atom is -0.455 e. The van der Waals surface area contributed by atoms with Gasteiger partial charge in [-0.25, -0.2) is 4.79 Å². The molecule has 1 aromatic rings. The van der Waals surface area contributed by atoms with Crippen molar-refractivity contribution < 1.29 is 27.8 Å². The minimum atomic E-state index is -4.93. The lowest BCUT2D eigenvalue weighted by molar-refractivity contribution is -0.284. The molecule has 0 saturated carbocycles. The summed E-state index contributed by atoms with van der Waals surface area (Å²) >= 11 is 0. The average molecular weight is 302 g/mol. The van der Waals surface area contributed by atoms with Crippen LogP contribution in [0.1, 0.15) is 19.4 Å². The predicted molar refractivity (Wildman–Crippen MR) is 71.5 cm³/mol. The molecule has 0 bridgehead atoms. The van der Waals surface area contributed by atoms with E-state index in [4.69, 9.17) is 4.74 Å². The van der Waals surface area contributed by atoms with Crippen LogP contribution < -0.4 is 0 Å². The van der Waals surface area contributed by atoms with Gasteiger partial charge in [0.05, 0.1) is 0 Å². The number of esters is 1. The van der Waals surface area contributed by atoms with Crippen LogP contribution in [0.4, 0.5) is 13.2 Å². The number of hydrogen-bond donors (Lipinski definition) is 1. The normalized spacial score (nSPS) is 15.9. The molecule has 0 aliphatic rings. The molecule has 1 rings (SSSR count). The van der Waals surface area contributed by atoms with E-state index in [-0.39, 0.29) is 12.0 Å². The number of halogens is 3. The molecule has 0 aliphatic heterocycles. The van der Waals surface area contributed by atoms with Crippen LogP contribution >= 0.6 is 0 Å². The van der Waals surface area contributed by atoms with Crippen molar-refractivity contribution in [1.82, 2.24) is 0 Å². The summed E-state index contributed by atoms with van der Waals surface area (Å²) in [6.45, 7) is 5.24. The van der Waals surface area contributed by atoms with Crippen molar-refractivity contribution in [2.45, 2.75) is 38.1 Å². The molecule has 0 aliphatic carbocycles. The molecule has 21 heavy (non-hydrogen) atoms. The van der Waals surface area contributed by atoms with Gasteiger partial charge in [0.25, 0.3) is 0 Å². The van der Waals surface area contributed by atoms with Gasteiger partial charge >= 0.3 is 12.1 Å². The number of aliphatic hydroxyl groups is 1. The molecule has 0 spiro atoms. The van der Waals surface area contributed by atoms with Gasteiger partial charge in [0, 0.05) is 12.0 Å². The van der Waals surface area contributed by atoms with Crippen molar-refractivity contribution in [2.75, 3.05) is 0 Å². The summed E-state index contributed by atoms with van der Waals surface area (Å²) in [5, 5.41) is 9.77. The second-order valence-corrected chi connectivity index (χ2v) is 5.01. The van der Waals surface area contributed by atoms with Gasteiger partial charge in [0.2, 0.25) is 0 Å². The maximum absolute atomic E-state index is 13.0. The zero-order valence-electron chi connectivity index (χ0n) is 11.8. The molecule has 0 fully saturated rings. The van der Waals surface area contributed by atoms with Gasteiger partial charge in [0.15, 0.2) is 5.60 Å². The number of carbonyl (C=O) groups is 1. The number of alkyl halides is 3. The van der Waals surface area contributed by atoms with Crippen LogP contribution in [0, 0.1) is 0 Å². The Hall–Kier alpha value is -1.82. The number of rotatable bonds is 5. The second-order valence-electron chi connectivity index (χ2n) is 5.01. The molecule has 2 atom stereocenters. The summed E-state index contributed by atoms with van der Waals surface area (Å²) in [4.78, 5) is 11.5. The Morgan fingerprint density at radius 2 is 1.86 bits per heavy atom. The summed E-state index contributed by atoms with van der Waals surface area (Å²) in [5.74, 6) is -0.972. The van der Waals surface area contributed by atoms with Gasteiger partial charge < -0.3 is 9.84 Å². The fraction of sp³-hybridized carbons (Fsp3) is 0.400. The summed E-state index contributed by atoms with van der Waals surface area (Å²) in [6.07, 6.45) is -6.95. The van der Waals surface area contributed by atoms with Crippen molar-refractivity contribution in [1.29, 1.82) is 0 Å². The molecular formula is C15H17F3O3. The van der Waals surface area contributed by atoms with E-state index in [1.54, 1.807) is 30.3 Å². The maximum atomic E-state index is 13.0. The highest BCUT2D eigenvalue weighted by Crippen LogP contribution is 2.35. The van der Waals surface area contributed by atoms with Crippen LogP contribution in [-0.4, -0.2) is 29.0 Å². The highest BCUT2D eigenvalue weighted by atomic mass is 19.4. The van der Waals surface area contributed by atoms with E-state index in [1.807, 2.05) is 0 Å². The minimum absolute atomic E-state index is 0.0361. The van der Waals surface area contributed by atoms with Crippen LogP contribution in [0.2, 0.25) is 0 Å². The molecule has 3 nitrogen and oxygen atoms in total. The monoisotopic (exact) mass is 302 g/mol. The Balaban J connectivity index is 3.05. The first-order valence-electron chi connectivity index (χ1n) is 6.25. The molecule has 6 heteroatoms. The van der Waals surface area contributed by atoms with Crippen LogP contribution in [0.3, 0.4) is 0 Å². The fourth-order valence-electron chi connectivity index (χ4n) is 1.60. The third-order valence-corrected chi connectivity index (χ3v) is 3.06. The summed E-state index contributed by atoms with van der Waals surface area (Å²) < 4.78 is 43.7. The first-order chi connectivity index (χ1) is 9.55. The first kappa shape index (κ1) is 17.2. The lowest BCUT2D eigenvalue weighted by atomic mass is 9.92. The van der Waals surface area contributed by atoms with Gasteiger partial charge in [-0.3, -0.25) is 0 Å². The molecule has 0 saturated heterocycles. The van der Waals surface area contributed by atoms with Crippen molar-refractivity contribution in [3.05, 3.63) is 48.0 Å². The topological polar surface area (TPSA) is 46.5 Å². The van der Waals surface area contributed by atoms with Crippen LogP contribution in [0.15, 0.2) is 42.5 Å². The largest absolute Gasteiger partial charge is 0.455 e. The molecule has 0 amide bonds. The standard InChI is InChI=1S/C15H17F3O3/c1-10(2)13(19)21-12(14(3,20)15(16,17)18)9-11-7-5-4-6-8-11/h4-8,12,20H,1,9H2,2-3H3. The van der Waals surface area contributed by atoms with Crippen molar-refractivity contribution >= 4 is 5.97 Å². The molecule has 0 heterocycles. The zero-order chi connectivity index (χ0) is 16.3. The van der Waals surface area contributed by atoms with E-state index >= 15 is 0 Å². The Kier molecular flexibility index (Phi) is 5.17. The molecule has 1 aromatic carbocycles. The maximum Gasteiger partial charge on any atom is 0.420 e. The molecule has 1 N–H and O–H groups in total. The molecule has 2 unspecified atom stereocenters. The average Bonchev–Trinajstić information content (AvgIpc) is 2.37. The number of benzene rings is 1. The van der Waals surface area contributed by atoms with Crippen LogP contribution in [0.25, 0.3) is 0 Å². The van der Waals surface area contributed by atoms with E-state index in [9.17, 15) is 23.1 Å². The summed E-state index contributed by atoms with van der Waals surface area (Å²) in [6, 6.07) is 8.19. The van der Waals surface area contributed by atoms with E-state index in [0.717, 1.165) is 0 Å². The fourth-order valence-corrected chi connectivity index (χ4v) is 1.60. The Labute approximate surface area is 121 Å². The molecule has 0 aromatic heterocycles. The quantitative estimate of drug-likeness (QED) is 0.672. The SMILES string of the molecule is C=C(C)C(=O)OC(Cc1ccccc1)C(C)(O)C(F)(F)F. The highest BCUT2D eigenvalue weighted by molar-refractivity contribution is 5.87.